The Labute approximate surface area is 141 Å². The van der Waals surface area contributed by atoms with E-state index < -0.39 is 0 Å². The van der Waals surface area contributed by atoms with Gasteiger partial charge in [-0.15, -0.1) is 0 Å². The predicted molar refractivity (Wildman–Crippen MR) is 102 cm³/mol. The maximum Gasteiger partial charge on any atom is 0.152 e. The van der Waals surface area contributed by atoms with Crippen molar-refractivity contribution in [3.63, 3.8) is 0 Å². The number of ketones is 1. The van der Waals surface area contributed by atoms with Gasteiger partial charge in [-0.3, -0.25) is 4.79 Å². The summed E-state index contributed by atoms with van der Waals surface area (Å²) in [5.41, 5.74) is 4.02. The summed E-state index contributed by atoms with van der Waals surface area (Å²) in [6.07, 6.45) is 19.3. The van der Waals surface area contributed by atoms with Crippen molar-refractivity contribution in [1.29, 1.82) is 0 Å². The lowest BCUT2D eigenvalue weighted by atomic mass is 10.1. The number of rotatable bonds is 10. The smallest absolute Gasteiger partial charge is 0.152 e. The van der Waals surface area contributed by atoms with E-state index in [1.54, 1.807) is 13.0 Å². The number of allylic oxidation sites excluding steroid dienone is 5. The Hall–Kier alpha value is -1.89. The molecule has 0 fully saturated rings. The van der Waals surface area contributed by atoms with Gasteiger partial charge in [0.2, 0.25) is 0 Å². The van der Waals surface area contributed by atoms with E-state index in [0.29, 0.717) is 0 Å². The molecular formula is C22H30O. The lowest BCUT2D eigenvalue weighted by Gasteiger charge is -2.01. The summed E-state index contributed by atoms with van der Waals surface area (Å²) in [6.45, 7) is 5.88. The molecule has 1 aromatic rings. The Morgan fingerprint density at radius 1 is 0.913 bits per heavy atom. The van der Waals surface area contributed by atoms with Crippen LogP contribution in [0.2, 0.25) is 0 Å². The predicted octanol–water partition coefficient (Wildman–Crippen LogP) is 6.36. The van der Waals surface area contributed by atoms with Gasteiger partial charge >= 0.3 is 0 Å². The van der Waals surface area contributed by atoms with Crippen molar-refractivity contribution in [2.45, 2.75) is 59.3 Å². The van der Waals surface area contributed by atoms with Gasteiger partial charge in [-0.05, 0) is 69.2 Å². The Balaban J connectivity index is 2.06. The second-order valence-electron chi connectivity index (χ2n) is 6.14. The summed E-state index contributed by atoms with van der Waals surface area (Å²) in [5, 5.41) is 0. The summed E-state index contributed by atoms with van der Waals surface area (Å²) >= 11 is 0. The number of carbonyl (C=O) groups excluding carboxylic acids is 1. The molecule has 23 heavy (non-hydrogen) atoms. The highest BCUT2D eigenvalue weighted by molar-refractivity contribution is 5.87. The molecule has 0 N–H and O–H groups in total. The highest BCUT2D eigenvalue weighted by atomic mass is 16.1. The van der Waals surface area contributed by atoms with Crippen LogP contribution in [-0.2, 0) is 4.79 Å². The standard InChI is InChI=1S/C22H30O/c1-19-16-17-22(18-20(19)2)15-13-11-9-7-5-4-6-8-10-12-14-21(3)23/h8,10,12-18H,4-7,9,11H2,1-3H3/b10-8+,14-12+,15-13+. The molecule has 0 radical (unpaired) electrons. The van der Waals surface area contributed by atoms with E-state index in [1.165, 1.54) is 42.4 Å². The number of hydrogen-bond donors (Lipinski definition) is 0. The minimum atomic E-state index is 0.100. The third-order valence-corrected chi connectivity index (χ3v) is 3.91. The van der Waals surface area contributed by atoms with Gasteiger partial charge in [-0.1, -0.05) is 61.4 Å². The first-order chi connectivity index (χ1) is 11.1. The molecule has 0 heterocycles. The fraction of sp³-hybridized carbons (Fsp3) is 0.409. The first kappa shape index (κ1) is 19.2. The SMILES string of the molecule is CC(=O)/C=C/C=C/CCCCCC/C=C/c1ccc(C)c(C)c1. The minimum absolute atomic E-state index is 0.100. The fourth-order valence-electron chi connectivity index (χ4n) is 2.33. The molecule has 0 aromatic heterocycles. The van der Waals surface area contributed by atoms with E-state index in [-0.39, 0.29) is 5.78 Å². The Kier molecular flexibility index (Phi) is 9.70. The van der Waals surface area contributed by atoms with Crippen LogP contribution in [0.4, 0.5) is 0 Å². The van der Waals surface area contributed by atoms with E-state index in [4.69, 9.17) is 0 Å². The molecule has 0 amide bonds. The largest absolute Gasteiger partial charge is 0.295 e. The van der Waals surface area contributed by atoms with Gasteiger partial charge in [0.05, 0.1) is 0 Å². The van der Waals surface area contributed by atoms with E-state index in [9.17, 15) is 4.79 Å². The van der Waals surface area contributed by atoms with Crippen molar-refractivity contribution in [3.8, 4) is 0 Å². The van der Waals surface area contributed by atoms with E-state index in [0.717, 1.165) is 12.8 Å². The highest BCUT2D eigenvalue weighted by Gasteiger charge is 1.93. The number of aryl methyl sites for hydroxylation is 2. The topological polar surface area (TPSA) is 17.1 Å². The van der Waals surface area contributed by atoms with Crippen molar-refractivity contribution in [2.75, 3.05) is 0 Å². The first-order valence-electron chi connectivity index (χ1n) is 8.67. The monoisotopic (exact) mass is 310 g/mol. The summed E-state index contributed by atoms with van der Waals surface area (Å²) in [7, 11) is 0. The molecule has 1 aromatic carbocycles. The van der Waals surface area contributed by atoms with Gasteiger partial charge in [-0.25, -0.2) is 0 Å². The number of hydrogen-bond acceptors (Lipinski definition) is 1. The van der Waals surface area contributed by atoms with E-state index >= 15 is 0 Å². The van der Waals surface area contributed by atoms with Crippen LogP contribution in [0.25, 0.3) is 6.08 Å². The number of benzene rings is 1. The van der Waals surface area contributed by atoms with Crippen LogP contribution in [-0.4, -0.2) is 5.78 Å². The summed E-state index contributed by atoms with van der Waals surface area (Å²) in [4.78, 5) is 10.7. The normalized spacial score (nSPS) is 12.0. The van der Waals surface area contributed by atoms with Crippen LogP contribution >= 0.6 is 0 Å². The Morgan fingerprint density at radius 2 is 1.61 bits per heavy atom. The zero-order valence-corrected chi connectivity index (χ0v) is 14.8. The zero-order valence-electron chi connectivity index (χ0n) is 14.8. The Morgan fingerprint density at radius 3 is 2.26 bits per heavy atom. The molecule has 0 saturated carbocycles. The van der Waals surface area contributed by atoms with Crippen LogP contribution in [0.1, 0.15) is 62.1 Å². The van der Waals surface area contributed by atoms with Crippen molar-refractivity contribution in [2.24, 2.45) is 0 Å². The van der Waals surface area contributed by atoms with Crippen LogP contribution in [0.15, 0.2) is 48.6 Å². The van der Waals surface area contributed by atoms with Gasteiger partial charge in [-0.2, -0.15) is 0 Å². The molecule has 0 aliphatic heterocycles. The van der Waals surface area contributed by atoms with Crippen LogP contribution in [0, 0.1) is 13.8 Å². The molecule has 1 rings (SSSR count). The third kappa shape index (κ3) is 9.67. The summed E-state index contributed by atoms with van der Waals surface area (Å²) in [6, 6.07) is 6.62. The van der Waals surface area contributed by atoms with Gasteiger partial charge < -0.3 is 0 Å². The molecule has 0 unspecified atom stereocenters. The van der Waals surface area contributed by atoms with E-state index in [2.05, 4.69) is 50.3 Å². The van der Waals surface area contributed by atoms with Crippen molar-refractivity contribution >= 4 is 11.9 Å². The fourth-order valence-corrected chi connectivity index (χ4v) is 2.33. The molecule has 0 bridgehead atoms. The third-order valence-electron chi connectivity index (χ3n) is 3.91. The second kappa shape index (κ2) is 11.6. The van der Waals surface area contributed by atoms with Gasteiger partial charge in [0.25, 0.3) is 0 Å². The molecular weight excluding hydrogens is 280 g/mol. The maximum atomic E-state index is 10.7. The van der Waals surface area contributed by atoms with Crippen molar-refractivity contribution in [3.05, 3.63) is 65.3 Å². The molecule has 1 heteroatoms. The molecule has 0 spiro atoms. The zero-order chi connectivity index (χ0) is 16.9. The molecule has 1 nitrogen and oxygen atoms in total. The molecule has 0 aliphatic carbocycles. The average Bonchev–Trinajstić information content (AvgIpc) is 2.51. The van der Waals surface area contributed by atoms with Crippen molar-refractivity contribution < 1.29 is 4.79 Å². The summed E-state index contributed by atoms with van der Waals surface area (Å²) in [5.74, 6) is 0.100. The maximum absolute atomic E-state index is 10.7. The number of carbonyl (C=O) groups is 1. The van der Waals surface area contributed by atoms with E-state index in [1.807, 2.05) is 12.2 Å². The average molecular weight is 310 g/mol. The van der Waals surface area contributed by atoms with Crippen molar-refractivity contribution in [1.82, 2.24) is 0 Å². The lowest BCUT2D eigenvalue weighted by Crippen LogP contribution is -1.81. The van der Waals surface area contributed by atoms with Crippen LogP contribution < -0.4 is 0 Å². The van der Waals surface area contributed by atoms with Crippen LogP contribution in [0.5, 0.6) is 0 Å². The summed E-state index contributed by atoms with van der Waals surface area (Å²) < 4.78 is 0. The van der Waals surface area contributed by atoms with Gasteiger partial charge in [0, 0.05) is 0 Å². The minimum Gasteiger partial charge on any atom is -0.295 e. The molecule has 0 atom stereocenters. The lowest BCUT2D eigenvalue weighted by molar-refractivity contribution is -0.112. The van der Waals surface area contributed by atoms with Crippen LogP contribution in [0.3, 0.4) is 0 Å². The number of unbranched alkanes of at least 4 members (excludes halogenated alkanes) is 5. The highest BCUT2D eigenvalue weighted by Crippen LogP contribution is 2.12. The van der Waals surface area contributed by atoms with Gasteiger partial charge in [0.1, 0.15) is 0 Å². The molecule has 124 valence electrons. The molecule has 0 saturated heterocycles. The van der Waals surface area contributed by atoms with Gasteiger partial charge in [0.15, 0.2) is 5.78 Å². The second-order valence-corrected chi connectivity index (χ2v) is 6.14. The first-order valence-corrected chi connectivity index (χ1v) is 8.67. The quantitative estimate of drug-likeness (QED) is 0.279. The molecule has 0 aliphatic rings. The Bertz CT molecular complexity index is 561.